The zero-order valence-corrected chi connectivity index (χ0v) is 16.5. The standard InChI is InChI=1S/C22H25N5O2/c1-2-27-19-9-4-3-8-18(19)25-20(22(27)29)26-13-10-16(11-14-26)21(28)24-15-17-7-5-6-12-23-17/h3-9,12,16H,2,10-11,13-15H2,1H3,(H,24,28). The molecular weight excluding hydrogens is 366 g/mol. The van der Waals surface area contributed by atoms with Crippen LogP contribution in [-0.4, -0.2) is 33.5 Å². The molecule has 0 bridgehead atoms. The molecular formula is C22H25N5O2. The van der Waals surface area contributed by atoms with Gasteiger partial charge in [0.1, 0.15) is 0 Å². The van der Waals surface area contributed by atoms with E-state index in [1.54, 1.807) is 10.8 Å². The number of hydrogen-bond donors (Lipinski definition) is 1. The Balaban J connectivity index is 1.44. The molecule has 4 rings (SSSR count). The summed E-state index contributed by atoms with van der Waals surface area (Å²) < 4.78 is 1.77. The third-order valence-corrected chi connectivity index (χ3v) is 5.49. The van der Waals surface area contributed by atoms with Crippen LogP contribution in [0, 0.1) is 5.92 Å². The summed E-state index contributed by atoms with van der Waals surface area (Å²) >= 11 is 0. The molecule has 7 heteroatoms. The van der Waals surface area contributed by atoms with Gasteiger partial charge in [-0.25, -0.2) is 4.98 Å². The Morgan fingerprint density at radius 2 is 1.90 bits per heavy atom. The molecule has 2 aromatic heterocycles. The lowest BCUT2D eigenvalue weighted by Crippen LogP contribution is -2.43. The van der Waals surface area contributed by atoms with Crippen LogP contribution in [0.25, 0.3) is 11.0 Å². The largest absolute Gasteiger partial charge is 0.352 e. The van der Waals surface area contributed by atoms with E-state index < -0.39 is 0 Å². The first-order valence-electron chi connectivity index (χ1n) is 10.1. The summed E-state index contributed by atoms with van der Waals surface area (Å²) in [5.74, 6) is 0.481. The quantitative estimate of drug-likeness (QED) is 0.722. The van der Waals surface area contributed by atoms with Crippen molar-refractivity contribution in [1.82, 2.24) is 19.9 Å². The Labute approximate surface area is 169 Å². The smallest absolute Gasteiger partial charge is 0.293 e. The lowest BCUT2D eigenvalue weighted by atomic mass is 9.96. The van der Waals surface area contributed by atoms with Gasteiger partial charge in [-0.2, -0.15) is 0 Å². The molecule has 0 saturated carbocycles. The fourth-order valence-corrected chi connectivity index (χ4v) is 3.88. The van der Waals surface area contributed by atoms with E-state index >= 15 is 0 Å². The van der Waals surface area contributed by atoms with E-state index in [1.807, 2.05) is 54.3 Å². The molecule has 7 nitrogen and oxygen atoms in total. The average Bonchev–Trinajstić information content (AvgIpc) is 2.78. The van der Waals surface area contributed by atoms with E-state index in [9.17, 15) is 9.59 Å². The highest BCUT2D eigenvalue weighted by atomic mass is 16.2. The molecule has 1 saturated heterocycles. The summed E-state index contributed by atoms with van der Waals surface area (Å²) in [5, 5.41) is 2.98. The number of rotatable bonds is 5. The van der Waals surface area contributed by atoms with Crippen molar-refractivity contribution in [2.45, 2.75) is 32.9 Å². The van der Waals surface area contributed by atoms with Crippen LogP contribution >= 0.6 is 0 Å². The van der Waals surface area contributed by atoms with Gasteiger partial charge < -0.3 is 14.8 Å². The lowest BCUT2D eigenvalue weighted by molar-refractivity contribution is -0.125. The van der Waals surface area contributed by atoms with E-state index in [-0.39, 0.29) is 17.4 Å². The molecule has 29 heavy (non-hydrogen) atoms. The van der Waals surface area contributed by atoms with Crippen molar-refractivity contribution in [3.63, 3.8) is 0 Å². The topological polar surface area (TPSA) is 80.1 Å². The van der Waals surface area contributed by atoms with Crippen LogP contribution in [0.5, 0.6) is 0 Å². The second-order valence-electron chi connectivity index (χ2n) is 7.27. The number of nitrogens with zero attached hydrogens (tertiary/aromatic N) is 4. The fraction of sp³-hybridized carbons (Fsp3) is 0.364. The van der Waals surface area contributed by atoms with Crippen molar-refractivity contribution in [3.8, 4) is 0 Å². The molecule has 0 spiro atoms. The number of amides is 1. The number of benzene rings is 1. The maximum Gasteiger partial charge on any atom is 0.293 e. The van der Waals surface area contributed by atoms with Gasteiger partial charge in [0, 0.05) is 31.7 Å². The Kier molecular flexibility index (Phi) is 5.55. The minimum absolute atomic E-state index is 0.0488. The predicted octanol–water partition coefficient (Wildman–Crippen LogP) is 2.34. The normalized spacial score (nSPS) is 14.9. The third-order valence-electron chi connectivity index (χ3n) is 5.49. The zero-order chi connectivity index (χ0) is 20.2. The number of piperidine rings is 1. The van der Waals surface area contributed by atoms with E-state index in [2.05, 4.69) is 15.3 Å². The first kappa shape index (κ1) is 19.1. The second kappa shape index (κ2) is 8.43. The van der Waals surface area contributed by atoms with Crippen molar-refractivity contribution < 1.29 is 4.79 Å². The van der Waals surface area contributed by atoms with E-state index in [1.165, 1.54) is 0 Å². The van der Waals surface area contributed by atoms with E-state index in [0.29, 0.717) is 44.8 Å². The van der Waals surface area contributed by atoms with Crippen LogP contribution < -0.4 is 15.8 Å². The van der Waals surface area contributed by atoms with Crippen LogP contribution in [0.4, 0.5) is 5.82 Å². The van der Waals surface area contributed by atoms with Crippen molar-refractivity contribution >= 4 is 22.8 Å². The highest BCUT2D eigenvalue weighted by Gasteiger charge is 2.27. The minimum atomic E-state index is -0.0655. The molecule has 1 aromatic carbocycles. The Hall–Kier alpha value is -3.22. The van der Waals surface area contributed by atoms with Crippen LogP contribution in [0.3, 0.4) is 0 Å². The van der Waals surface area contributed by atoms with Crippen LogP contribution in [-0.2, 0) is 17.9 Å². The van der Waals surface area contributed by atoms with Gasteiger partial charge in [-0.1, -0.05) is 18.2 Å². The number of para-hydroxylation sites is 2. The number of carbonyl (C=O) groups is 1. The van der Waals surface area contributed by atoms with Crippen molar-refractivity contribution in [2.24, 2.45) is 5.92 Å². The summed E-state index contributed by atoms with van der Waals surface area (Å²) in [4.78, 5) is 36.4. The van der Waals surface area contributed by atoms with Crippen molar-refractivity contribution in [1.29, 1.82) is 0 Å². The molecule has 1 fully saturated rings. The molecule has 0 unspecified atom stereocenters. The van der Waals surface area contributed by atoms with Gasteiger partial charge in [0.25, 0.3) is 5.56 Å². The molecule has 1 N–H and O–H groups in total. The first-order valence-corrected chi connectivity index (χ1v) is 10.1. The highest BCUT2D eigenvalue weighted by Crippen LogP contribution is 2.22. The van der Waals surface area contributed by atoms with Crippen LogP contribution in [0.1, 0.15) is 25.5 Å². The van der Waals surface area contributed by atoms with Gasteiger partial charge in [-0.05, 0) is 44.0 Å². The monoisotopic (exact) mass is 391 g/mol. The molecule has 0 aliphatic carbocycles. The van der Waals surface area contributed by atoms with Crippen LogP contribution in [0.15, 0.2) is 53.5 Å². The molecule has 150 valence electrons. The van der Waals surface area contributed by atoms with Gasteiger partial charge >= 0.3 is 0 Å². The summed E-state index contributed by atoms with van der Waals surface area (Å²) in [6, 6.07) is 13.4. The van der Waals surface area contributed by atoms with Gasteiger partial charge in [0.15, 0.2) is 5.82 Å². The Bertz CT molecular complexity index is 1060. The maximum absolute atomic E-state index is 13.0. The second-order valence-corrected chi connectivity index (χ2v) is 7.27. The number of anilines is 1. The molecule has 1 aliphatic rings. The molecule has 0 radical (unpaired) electrons. The summed E-state index contributed by atoms with van der Waals surface area (Å²) in [6.45, 7) is 4.29. The fourth-order valence-electron chi connectivity index (χ4n) is 3.88. The molecule has 3 heterocycles. The van der Waals surface area contributed by atoms with Crippen molar-refractivity contribution in [2.75, 3.05) is 18.0 Å². The molecule has 1 amide bonds. The first-order chi connectivity index (χ1) is 14.2. The number of fused-ring (bicyclic) bond motifs is 1. The number of carbonyl (C=O) groups excluding carboxylic acids is 1. The summed E-state index contributed by atoms with van der Waals surface area (Å²) in [5.41, 5.74) is 2.45. The van der Waals surface area contributed by atoms with Gasteiger partial charge in [0.05, 0.1) is 23.3 Å². The van der Waals surface area contributed by atoms with E-state index in [0.717, 1.165) is 16.7 Å². The van der Waals surface area contributed by atoms with Gasteiger partial charge in [-0.3, -0.25) is 14.6 Å². The van der Waals surface area contributed by atoms with E-state index in [4.69, 9.17) is 0 Å². The number of hydrogen-bond acceptors (Lipinski definition) is 5. The number of aromatic nitrogens is 3. The number of aryl methyl sites for hydroxylation is 1. The van der Waals surface area contributed by atoms with Gasteiger partial charge in [-0.15, -0.1) is 0 Å². The molecule has 3 aromatic rings. The highest BCUT2D eigenvalue weighted by molar-refractivity contribution is 5.79. The summed E-state index contributed by atoms with van der Waals surface area (Å²) in [6.07, 6.45) is 3.13. The zero-order valence-electron chi connectivity index (χ0n) is 16.5. The molecule has 0 atom stereocenters. The predicted molar refractivity (Wildman–Crippen MR) is 113 cm³/mol. The minimum Gasteiger partial charge on any atom is -0.352 e. The summed E-state index contributed by atoms with van der Waals surface area (Å²) in [7, 11) is 0. The maximum atomic E-state index is 13.0. The number of pyridine rings is 1. The van der Waals surface area contributed by atoms with Gasteiger partial charge in [0.2, 0.25) is 5.91 Å². The number of nitrogens with one attached hydrogen (secondary N) is 1. The van der Waals surface area contributed by atoms with Crippen LogP contribution in [0.2, 0.25) is 0 Å². The third kappa shape index (κ3) is 3.99. The Morgan fingerprint density at radius 1 is 1.14 bits per heavy atom. The SMILES string of the molecule is CCn1c(=O)c(N2CCC(C(=O)NCc3ccccn3)CC2)nc2ccccc21. The molecule has 1 aliphatic heterocycles. The lowest BCUT2D eigenvalue weighted by Gasteiger charge is -2.32. The Morgan fingerprint density at radius 3 is 2.62 bits per heavy atom. The van der Waals surface area contributed by atoms with Crippen molar-refractivity contribution in [3.05, 3.63) is 64.7 Å². The average molecular weight is 391 g/mol.